The van der Waals surface area contributed by atoms with Gasteiger partial charge in [-0.3, -0.25) is 4.79 Å². The molecule has 0 radical (unpaired) electrons. The number of nitrogens with two attached hydrogens (primary N) is 1. The molecule has 1 amide bonds. The van der Waals surface area contributed by atoms with Crippen molar-refractivity contribution in [3.05, 3.63) is 35.9 Å². The van der Waals surface area contributed by atoms with Crippen LogP contribution in [0.25, 0.3) is 0 Å². The minimum absolute atomic E-state index is 0.161. The Morgan fingerprint density at radius 3 is 2.35 bits per heavy atom. The molecule has 2 rings (SSSR count). The van der Waals surface area contributed by atoms with Gasteiger partial charge in [-0.1, -0.05) is 44.2 Å². The van der Waals surface area contributed by atoms with Crippen molar-refractivity contribution in [1.29, 1.82) is 0 Å². The van der Waals surface area contributed by atoms with Crippen molar-refractivity contribution in [2.45, 2.75) is 51.0 Å². The molecule has 0 atom stereocenters. The molecular formula is C17H26N2O. The topological polar surface area (TPSA) is 55.1 Å². The summed E-state index contributed by atoms with van der Waals surface area (Å²) in [5.74, 6) is 0.727. The van der Waals surface area contributed by atoms with Gasteiger partial charge in [0.25, 0.3) is 0 Å². The number of rotatable bonds is 6. The van der Waals surface area contributed by atoms with Gasteiger partial charge in [0.1, 0.15) is 0 Å². The minimum Gasteiger partial charge on any atom is -0.355 e. The fourth-order valence-corrected chi connectivity index (χ4v) is 3.23. The first-order chi connectivity index (χ1) is 9.62. The van der Waals surface area contributed by atoms with Crippen LogP contribution >= 0.6 is 0 Å². The highest BCUT2D eigenvalue weighted by Gasteiger charge is 2.37. The van der Waals surface area contributed by atoms with Crippen LogP contribution in [0.15, 0.2) is 30.3 Å². The van der Waals surface area contributed by atoms with Gasteiger partial charge in [0.2, 0.25) is 5.91 Å². The minimum atomic E-state index is -0.396. The van der Waals surface area contributed by atoms with E-state index in [0.717, 1.165) is 37.8 Å². The van der Waals surface area contributed by atoms with Gasteiger partial charge in [-0.2, -0.15) is 0 Å². The molecule has 20 heavy (non-hydrogen) atoms. The quantitative estimate of drug-likeness (QED) is 0.837. The zero-order valence-corrected chi connectivity index (χ0v) is 12.6. The molecule has 110 valence electrons. The summed E-state index contributed by atoms with van der Waals surface area (Å²) in [6.45, 7) is 4.95. The first-order valence-corrected chi connectivity index (χ1v) is 7.71. The zero-order valence-electron chi connectivity index (χ0n) is 12.6. The lowest BCUT2D eigenvalue weighted by Gasteiger charge is -2.35. The van der Waals surface area contributed by atoms with Gasteiger partial charge in [0.15, 0.2) is 0 Å². The van der Waals surface area contributed by atoms with Crippen LogP contribution in [-0.4, -0.2) is 18.5 Å². The molecular weight excluding hydrogens is 248 g/mol. The Bertz CT molecular complexity index is 434. The number of hydrogen-bond acceptors (Lipinski definition) is 2. The van der Waals surface area contributed by atoms with Gasteiger partial charge in [0, 0.05) is 12.6 Å². The molecule has 1 aliphatic rings. The second kappa shape index (κ2) is 6.40. The molecule has 0 aromatic heterocycles. The first-order valence-electron chi connectivity index (χ1n) is 7.71. The molecule has 0 unspecified atom stereocenters. The smallest absolute Gasteiger partial charge is 0.230 e. The lowest BCUT2D eigenvalue weighted by Crippen LogP contribution is -2.48. The Balaban J connectivity index is 2.05. The largest absolute Gasteiger partial charge is 0.355 e. The number of carbonyl (C=O) groups is 1. The van der Waals surface area contributed by atoms with Gasteiger partial charge < -0.3 is 11.1 Å². The van der Waals surface area contributed by atoms with E-state index in [9.17, 15) is 4.79 Å². The third-order valence-electron chi connectivity index (χ3n) is 4.79. The highest BCUT2D eigenvalue weighted by Crippen LogP contribution is 2.32. The molecule has 0 saturated heterocycles. The SMILES string of the molecule is CCC(CC)(C(=O)NCC1CC(N)C1)c1ccccc1. The van der Waals surface area contributed by atoms with Gasteiger partial charge in [-0.25, -0.2) is 0 Å². The van der Waals surface area contributed by atoms with Gasteiger partial charge >= 0.3 is 0 Å². The summed E-state index contributed by atoms with van der Waals surface area (Å²) in [5.41, 5.74) is 6.51. The summed E-state index contributed by atoms with van der Waals surface area (Å²) in [4.78, 5) is 12.7. The molecule has 1 aromatic carbocycles. The van der Waals surface area contributed by atoms with E-state index in [-0.39, 0.29) is 5.91 Å². The maximum absolute atomic E-state index is 12.7. The number of nitrogens with one attached hydrogen (secondary N) is 1. The Labute approximate surface area is 121 Å². The van der Waals surface area contributed by atoms with Crippen LogP contribution in [-0.2, 0) is 10.2 Å². The van der Waals surface area contributed by atoms with Crippen molar-refractivity contribution >= 4 is 5.91 Å². The Kier molecular flexibility index (Phi) is 4.81. The lowest BCUT2D eigenvalue weighted by atomic mass is 9.74. The van der Waals surface area contributed by atoms with E-state index in [0.29, 0.717) is 12.0 Å². The van der Waals surface area contributed by atoms with E-state index in [1.165, 1.54) is 0 Å². The summed E-state index contributed by atoms with van der Waals surface area (Å²) in [7, 11) is 0. The Morgan fingerprint density at radius 2 is 1.85 bits per heavy atom. The van der Waals surface area contributed by atoms with E-state index in [2.05, 4.69) is 31.3 Å². The standard InChI is InChI=1S/C17H26N2O/c1-3-17(4-2,14-8-6-5-7-9-14)16(20)19-12-13-10-15(18)11-13/h5-9,13,15H,3-4,10-12,18H2,1-2H3,(H,19,20). The van der Waals surface area contributed by atoms with Crippen LogP contribution in [0.1, 0.15) is 45.1 Å². The lowest BCUT2D eigenvalue weighted by molar-refractivity contribution is -0.127. The number of amides is 1. The van der Waals surface area contributed by atoms with E-state index in [4.69, 9.17) is 5.73 Å². The van der Waals surface area contributed by atoms with Crippen LogP contribution in [0.3, 0.4) is 0 Å². The van der Waals surface area contributed by atoms with Crippen LogP contribution in [0.4, 0.5) is 0 Å². The highest BCUT2D eigenvalue weighted by atomic mass is 16.2. The molecule has 0 aliphatic heterocycles. The summed E-state index contributed by atoms with van der Waals surface area (Å²) < 4.78 is 0. The molecule has 3 N–H and O–H groups in total. The van der Waals surface area contributed by atoms with Gasteiger partial charge in [0.05, 0.1) is 5.41 Å². The fraction of sp³-hybridized carbons (Fsp3) is 0.588. The second-order valence-electron chi connectivity index (χ2n) is 5.96. The molecule has 1 saturated carbocycles. The number of benzene rings is 1. The van der Waals surface area contributed by atoms with Crippen molar-refractivity contribution < 1.29 is 4.79 Å². The molecule has 3 nitrogen and oxygen atoms in total. The zero-order chi connectivity index (χ0) is 14.6. The van der Waals surface area contributed by atoms with Crippen molar-refractivity contribution in [1.82, 2.24) is 5.32 Å². The Hall–Kier alpha value is -1.35. The molecule has 1 aromatic rings. The predicted octanol–water partition coefficient (Wildman–Crippen LogP) is 2.60. The third-order valence-corrected chi connectivity index (χ3v) is 4.79. The summed E-state index contributed by atoms with van der Waals surface area (Å²) in [6, 6.07) is 10.5. The van der Waals surface area contributed by atoms with E-state index >= 15 is 0 Å². The van der Waals surface area contributed by atoms with Crippen LogP contribution in [0.2, 0.25) is 0 Å². The normalized spacial score (nSPS) is 22.1. The predicted molar refractivity (Wildman–Crippen MR) is 82.4 cm³/mol. The average Bonchev–Trinajstić information content (AvgIpc) is 2.45. The second-order valence-corrected chi connectivity index (χ2v) is 5.96. The van der Waals surface area contributed by atoms with Gasteiger partial charge in [-0.05, 0) is 37.2 Å². The maximum Gasteiger partial charge on any atom is 0.230 e. The first kappa shape index (κ1) is 15.0. The summed E-state index contributed by atoms with van der Waals surface area (Å²) >= 11 is 0. The molecule has 0 spiro atoms. The van der Waals surface area contributed by atoms with Crippen LogP contribution in [0, 0.1) is 5.92 Å². The Morgan fingerprint density at radius 1 is 1.25 bits per heavy atom. The van der Waals surface area contributed by atoms with Gasteiger partial charge in [-0.15, -0.1) is 0 Å². The van der Waals surface area contributed by atoms with Crippen molar-refractivity contribution in [2.75, 3.05) is 6.54 Å². The van der Waals surface area contributed by atoms with E-state index < -0.39 is 5.41 Å². The van der Waals surface area contributed by atoms with Crippen molar-refractivity contribution in [2.24, 2.45) is 11.7 Å². The van der Waals surface area contributed by atoms with Crippen LogP contribution in [0.5, 0.6) is 0 Å². The number of hydrogen-bond donors (Lipinski definition) is 2. The van der Waals surface area contributed by atoms with E-state index in [1.807, 2.05) is 18.2 Å². The van der Waals surface area contributed by atoms with Crippen molar-refractivity contribution in [3.8, 4) is 0 Å². The monoisotopic (exact) mass is 274 g/mol. The summed E-state index contributed by atoms with van der Waals surface area (Å²) in [6.07, 6.45) is 3.72. The molecule has 1 aliphatic carbocycles. The molecule has 0 heterocycles. The summed E-state index contributed by atoms with van der Waals surface area (Å²) in [5, 5.41) is 3.15. The average molecular weight is 274 g/mol. The third kappa shape index (κ3) is 2.88. The molecule has 3 heteroatoms. The molecule has 1 fully saturated rings. The highest BCUT2D eigenvalue weighted by molar-refractivity contribution is 5.88. The van der Waals surface area contributed by atoms with Crippen molar-refractivity contribution in [3.63, 3.8) is 0 Å². The van der Waals surface area contributed by atoms with Crippen LogP contribution < -0.4 is 11.1 Å². The number of carbonyl (C=O) groups excluding carboxylic acids is 1. The fourth-order valence-electron chi connectivity index (χ4n) is 3.23. The maximum atomic E-state index is 12.7. The van der Waals surface area contributed by atoms with E-state index in [1.54, 1.807) is 0 Å². The molecule has 0 bridgehead atoms.